The van der Waals surface area contributed by atoms with Crippen molar-refractivity contribution in [1.82, 2.24) is 19.9 Å². The number of anilines is 2. The largest absolute Gasteiger partial charge is 0.473 e. The Balaban J connectivity index is 1.56. The minimum atomic E-state index is -0.102. The summed E-state index contributed by atoms with van der Waals surface area (Å²) < 4.78 is 6.09. The summed E-state index contributed by atoms with van der Waals surface area (Å²) in [5.41, 5.74) is 0. The van der Waals surface area contributed by atoms with Gasteiger partial charge in [0.05, 0.1) is 0 Å². The van der Waals surface area contributed by atoms with Gasteiger partial charge in [-0.2, -0.15) is 0 Å². The van der Waals surface area contributed by atoms with Gasteiger partial charge >= 0.3 is 0 Å². The predicted octanol–water partition coefficient (Wildman–Crippen LogP) is 2.75. The van der Waals surface area contributed by atoms with Crippen molar-refractivity contribution in [2.24, 2.45) is 0 Å². The first-order valence-corrected chi connectivity index (χ1v) is 9.92. The summed E-state index contributed by atoms with van der Waals surface area (Å²) in [4.78, 5) is 27.3. The van der Waals surface area contributed by atoms with Gasteiger partial charge in [0.1, 0.15) is 18.2 Å². The van der Waals surface area contributed by atoms with Gasteiger partial charge in [-0.15, -0.1) is 11.3 Å². The Morgan fingerprint density at radius 2 is 2.22 bits per heavy atom. The Morgan fingerprint density at radius 1 is 1.41 bits per heavy atom. The lowest BCUT2D eigenvalue weighted by Gasteiger charge is -2.19. The van der Waals surface area contributed by atoms with E-state index >= 15 is 0 Å². The van der Waals surface area contributed by atoms with Gasteiger partial charge in [-0.05, 0) is 20.8 Å². The lowest BCUT2D eigenvalue weighted by Crippen LogP contribution is -2.27. The quantitative estimate of drug-likeness (QED) is 0.751. The zero-order valence-corrected chi connectivity index (χ0v) is 16.9. The van der Waals surface area contributed by atoms with Gasteiger partial charge in [-0.25, -0.2) is 15.0 Å². The first-order chi connectivity index (χ1) is 12.9. The molecule has 1 amide bonds. The highest BCUT2D eigenvalue weighted by Crippen LogP contribution is 2.27. The Bertz CT molecular complexity index is 781. The van der Waals surface area contributed by atoms with Crippen LogP contribution >= 0.6 is 11.3 Å². The van der Waals surface area contributed by atoms with Crippen LogP contribution in [0, 0.1) is 0 Å². The summed E-state index contributed by atoms with van der Waals surface area (Å²) in [6.45, 7) is 9.44. The molecule has 0 aromatic carbocycles. The number of carbonyl (C=O) groups is 1. The molecule has 8 nitrogen and oxygen atoms in total. The van der Waals surface area contributed by atoms with Crippen molar-refractivity contribution < 1.29 is 9.53 Å². The average molecular weight is 391 g/mol. The molecule has 9 heteroatoms. The molecule has 1 fully saturated rings. The van der Waals surface area contributed by atoms with E-state index in [1.165, 1.54) is 24.6 Å². The summed E-state index contributed by atoms with van der Waals surface area (Å²) in [6.07, 6.45) is 4.38. The second-order valence-corrected chi connectivity index (χ2v) is 8.22. The number of nitrogens with one attached hydrogen (secondary N) is 2. The van der Waals surface area contributed by atoms with Gasteiger partial charge in [-0.1, -0.05) is 0 Å². The molecule has 1 aliphatic heterocycles. The molecule has 0 bridgehead atoms. The molecule has 0 aliphatic carbocycles. The number of aromatic nitrogens is 3. The fourth-order valence-electron chi connectivity index (χ4n) is 3.09. The number of nitrogens with zero attached hydrogens (tertiary/aromatic N) is 4. The van der Waals surface area contributed by atoms with Crippen LogP contribution in [-0.2, 0) is 11.3 Å². The third-order valence-corrected chi connectivity index (χ3v) is 5.12. The van der Waals surface area contributed by atoms with E-state index in [2.05, 4.69) is 51.3 Å². The molecule has 0 radical (unpaired) electrons. The summed E-state index contributed by atoms with van der Waals surface area (Å²) in [6, 6.07) is 2.55. The SMILES string of the molecule is CC(=O)Nc1ncc(CN2C[C@H](Oc3cc(NC(C)C)ncn3)C[C@@H]2C)s1. The molecular formula is C18H26N6O2S. The Morgan fingerprint density at radius 3 is 2.96 bits per heavy atom. The van der Waals surface area contributed by atoms with Crippen molar-refractivity contribution in [3.05, 3.63) is 23.5 Å². The second-order valence-electron chi connectivity index (χ2n) is 7.11. The molecule has 1 saturated heterocycles. The van der Waals surface area contributed by atoms with E-state index in [-0.39, 0.29) is 12.0 Å². The van der Waals surface area contributed by atoms with Gasteiger partial charge in [0, 0.05) is 55.7 Å². The molecule has 0 unspecified atom stereocenters. The van der Waals surface area contributed by atoms with E-state index in [9.17, 15) is 4.79 Å². The first kappa shape index (κ1) is 19.5. The third kappa shape index (κ3) is 5.61. The number of rotatable bonds is 7. The highest BCUT2D eigenvalue weighted by molar-refractivity contribution is 7.15. The van der Waals surface area contributed by atoms with E-state index in [0.29, 0.717) is 23.1 Å². The van der Waals surface area contributed by atoms with Gasteiger partial charge < -0.3 is 15.4 Å². The Hall–Kier alpha value is -2.26. The zero-order valence-electron chi connectivity index (χ0n) is 16.1. The van der Waals surface area contributed by atoms with Gasteiger partial charge in [0.25, 0.3) is 0 Å². The number of hydrogen-bond donors (Lipinski definition) is 2. The van der Waals surface area contributed by atoms with Gasteiger partial charge in [0.15, 0.2) is 5.13 Å². The number of likely N-dealkylation sites (tertiary alicyclic amines) is 1. The lowest BCUT2D eigenvalue weighted by molar-refractivity contribution is -0.114. The fraction of sp³-hybridized carbons (Fsp3) is 0.556. The number of hydrogen-bond acceptors (Lipinski definition) is 8. The topological polar surface area (TPSA) is 92.3 Å². The molecule has 2 aromatic rings. The normalized spacial score (nSPS) is 20.0. The standard InChI is InChI=1S/C18H26N6O2S/c1-11(2)22-16-6-17(21-10-20-16)26-14-5-12(3)24(8-14)9-15-7-19-18(27-15)23-13(4)25/h6-7,10-12,14H,5,8-9H2,1-4H3,(H,19,23,25)(H,20,21,22)/t12-,14+/m0/s1. The van der Waals surface area contributed by atoms with Crippen LogP contribution in [0.4, 0.5) is 10.9 Å². The summed E-state index contributed by atoms with van der Waals surface area (Å²) >= 11 is 1.51. The monoisotopic (exact) mass is 390 g/mol. The minimum Gasteiger partial charge on any atom is -0.473 e. The van der Waals surface area contributed by atoms with Crippen LogP contribution in [0.15, 0.2) is 18.6 Å². The molecule has 27 heavy (non-hydrogen) atoms. The third-order valence-electron chi connectivity index (χ3n) is 4.23. The van der Waals surface area contributed by atoms with E-state index in [1.54, 1.807) is 0 Å². The molecule has 3 heterocycles. The number of amides is 1. The first-order valence-electron chi connectivity index (χ1n) is 9.10. The van der Waals surface area contributed by atoms with Crippen molar-refractivity contribution in [2.75, 3.05) is 17.2 Å². The molecular weight excluding hydrogens is 364 g/mol. The number of ether oxygens (including phenoxy) is 1. The van der Waals surface area contributed by atoms with Crippen LogP contribution < -0.4 is 15.4 Å². The second kappa shape index (κ2) is 8.62. The molecule has 146 valence electrons. The smallest absolute Gasteiger partial charge is 0.223 e. The van der Waals surface area contributed by atoms with Crippen molar-refractivity contribution in [1.29, 1.82) is 0 Å². The Labute approximate surface area is 163 Å². The molecule has 2 aromatic heterocycles. The van der Waals surface area contributed by atoms with E-state index in [0.717, 1.165) is 30.2 Å². The van der Waals surface area contributed by atoms with Crippen LogP contribution in [0.2, 0.25) is 0 Å². The fourth-order valence-corrected chi connectivity index (χ4v) is 3.97. The van der Waals surface area contributed by atoms with Crippen LogP contribution in [0.25, 0.3) is 0 Å². The maximum Gasteiger partial charge on any atom is 0.223 e. The van der Waals surface area contributed by atoms with Crippen molar-refractivity contribution in [3.63, 3.8) is 0 Å². The molecule has 1 aliphatic rings. The molecule has 2 N–H and O–H groups in total. The highest BCUT2D eigenvalue weighted by atomic mass is 32.1. The number of carbonyl (C=O) groups excluding carboxylic acids is 1. The van der Waals surface area contributed by atoms with Crippen LogP contribution in [0.1, 0.15) is 39.0 Å². The maximum absolute atomic E-state index is 11.1. The zero-order chi connectivity index (χ0) is 19.4. The van der Waals surface area contributed by atoms with Crippen molar-refractivity contribution in [3.8, 4) is 5.88 Å². The van der Waals surface area contributed by atoms with E-state index < -0.39 is 0 Å². The van der Waals surface area contributed by atoms with Crippen LogP contribution in [0.5, 0.6) is 5.88 Å². The summed E-state index contributed by atoms with van der Waals surface area (Å²) in [7, 11) is 0. The van der Waals surface area contributed by atoms with Crippen molar-refractivity contribution >= 4 is 28.2 Å². The van der Waals surface area contributed by atoms with E-state index in [4.69, 9.17) is 4.74 Å². The molecule has 2 atom stereocenters. The summed E-state index contributed by atoms with van der Waals surface area (Å²) in [5, 5.41) is 6.63. The molecule has 0 saturated carbocycles. The van der Waals surface area contributed by atoms with Crippen molar-refractivity contribution in [2.45, 2.75) is 58.8 Å². The van der Waals surface area contributed by atoms with Gasteiger partial charge in [0.2, 0.25) is 11.8 Å². The molecule has 0 spiro atoms. The number of thiazole rings is 1. The van der Waals surface area contributed by atoms with Gasteiger partial charge in [-0.3, -0.25) is 9.69 Å². The minimum absolute atomic E-state index is 0.0875. The lowest BCUT2D eigenvalue weighted by atomic mass is 10.2. The average Bonchev–Trinajstić information content (AvgIpc) is 3.13. The summed E-state index contributed by atoms with van der Waals surface area (Å²) in [5.74, 6) is 1.26. The molecule has 3 rings (SSSR count). The predicted molar refractivity (Wildman–Crippen MR) is 106 cm³/mol. The highest BCUT2D eigenvalue weighted by Gasteiger charge is 2.31. The Kier molecular flexibility index (Phi) is 6.22. The van der Waals surface area contributed by atoms with E-state index in [1.807, 2.05) is 12.3 Å². The van der Waals surface area contributed by atoms with Crippen LogP contribution in [0.3, 0.4) is 0 Å². The maximum atomic E-state index is 11.1. The van der Waals surface area contributed by atoms with Crippen LogP contribution in [-0.4, -0.2) is 50.5 Å².